The van der Waals surface area contributed by atoms with Gasteiger partial charge in [-0.3, -0.25) is 4.79 Å². The molecule has 1 saturated heterocycles. The predicted molar refractivity (Wildman–Crippen MR) is 73.8 cm³/mol. The third kappa shape index (κ3) is 3.83. The van der Waals surface area contributed by atoms with Gasteiger partial charge in [0.1, 0.15) is 5.69 Å². The van der Waals surface area contributed by atoms with Crippen molar-refractivity contribution >= 4 is 27.8 Å². The molecule has 0 spiro atoms. The van der Waals surface area contributed by atoms with E-state index in [1.54, 1.807) is 17.2 Å². The predicted octanol–water partition coefficient (Wildman–Crippen LogP) is 2.19. The Bertz CT molecular complexity index is 472. The molecule has 1 aliphatic heterocycles. The molecule has 0 saturated carbocycles. The fourth-order valence-electron chi connectivity index (χ4n) is 2.20. The Labute approximate surface area is 120 Å². The smallest absolute Gasteiger partial charge is 0.355 e. The zero-order valence-corrected chi connectivity index (χ0v) is 12.4. The quantitative estimate of drug-likeness (QED) is 0.865. The lowest BCUT2D eigenvalue weighted by Crippen LogP contribution is -2.41. The van der Waals surface area contributed by atoms with Crippen LogP contribution in [-0.4, -0.2) is 41.5 Å². The number of hydrogen-bond donors (Lipinski definition) is 1. The molecule has 0 bridgehead atoms. The number of amides is 1. The highest BCUT2D eigenvalue weighted by atomic mass is 79.9. The molecule has 0 aromatic carbocycles. The standard InChI is InChI=1S/C13H17BrN2O3/c1-9-3-2-4-16(7-9)12(17)8-19-13(18)11-5-10(14)6-15-11/h5-6,9,15H,2-4,7-8H2,1H3. The average Bonchev–Trinajstić information content (AvgIpc) is 2.82. The van der Waals surface area contributed by atoms with Gasteiger partial charge in [-0.2, -0.15) is 0 Å². The second-order valence-electron chi connectivity index (χ2n) is 4.89. The molecule has 2 heterocycles. The van der Waals surface area contributed by atoms with Crippen molar-refractivity contribution in [3.05, 3.63) is 22.4 Å². The Morgan fingerprint density at radius 1 is 1.58 bits per heavy atom. The maximum atomic E-state index is 11.9. The van der Waals surface area contributed by atoms with E-state index in [0.29, 0.717) is 11.6 Å². The number of esters is 1. The number of H-pyrrole nitrogens is 1. The largest absolute Gasteiger partial charge is 0.451 e. The number of hydrogen-bond acceptors (Lipinski definition) is 3. The van der Waals surface area contributed by atoms with E-state index in [2.05, 4.69) is 27.8 Å². The summed E-state index contributed by atoms with van der Waals surface area (Å²) in [5.41, 5.74) is 0.340. The minimum Gasteiger partial charge on any atom is -0.451 e. The number of ether oxygens (including phenoxy) is 1. The molecule has 19 heavy (non-hydrogen) atoms. The van der Waals surface area contributed by atoms with Crippen molar-refractivity contribution in [1.29, 1.82) is 0 Å². The highest BCUT2D eigenvalue weighted by Crippen LogP contribution is 2.16. The van der Waals surface area contributed by atoms with Gasteiger partial charge in [-0.15, -0.1) is 0 Å². The highest BCUT2D eigenvalue weighted by Gasteiger charge is 2.22. The van der Waals surface area contributed by atoms with Gasteiger partial charge in [0, 0.05) is 23.8 Å². The van der Waals surface area contributed by atoms with Gasteiger partial charge in [0.2, 0.25) is 0 Å². The van der Waals surface area contributed by atoms with Gasteiger partial charge < -0.3 is 14.6 Å². The number of piperidine rings is 1. The normalized spacial score (nSPS) is 19.3. The zero-order chi connectivity index (χ0) is 13.8. The van der Waals surface area contributed by atoms with E-state index in [0.717, 1.165) is 30.4 Å². The van der Waals surface area contributed by atoms with Crippen molar-refractivity contribution in [1.82, 2.24) is 9.88 Å². The molecule has 0 aliphatic carbocycles. The van der Waals surface area contributed by atoms with Crippen molar-refractivity contribution < 1.29 is 14.3 Å². The summed E-state index contributed by atoms with van der Waals surface area (Å²) >= 11 is 3.24. The van der Waals surface area contributed by atoms with Crippen molar-refractivity contribution in [3.8, 4) is 0 Å². The van der Waals surface area contributed by atoms with Crippen molar-refractivity contribution in [2.24, 2.45) is 5.92 Å². The molecule has 0 radical (unpaired) electrons. The first-order chi connectivity index (χ1) is 9.06. The summed E-state index contributed by atoms with van der Waals surface area (Å²) in [5, 5.41) is 0. The van der Waals surface area contributed by atoms with E-state index >= 15 is 0 Å². The van der Waals surface area contributed by atoms with Gasteiger partial charge in [-0.25, -0.2) is 4.79 Å². The van der Waals surface area contributed by atoms with Gasteiger partial charge in [-0.1, -0.05) is 6.92 Å². The van der Waals surface area contributed by atoms with Gasteiger partial charge in [-0.05, 0) is 40.8 Å². The molecule has 1 aromatic heterocycles. The van der Waals surface area contributed by atoms with Gasteiger partial charge >= 0.3 is 5.97 Å². The summed E-state index contributed by atoms with van der Waals surface area (Å²) in [6.07, 6.45) is 3.81. The zero-order valence-electron chi connectivity index (χ0n) is 10.8. The molecule has 104 valence electrons. The molecule has 1 N–H and O–H groups in total. The van der Waals surface area contributed by atoms with Crippen LogP contribution in [0.1, 0.15) is 30.3 Å². The minimum atomic E-state index is -0.510. The van der Waals surface area contributed by atoms with E-state index in [4.69, 9.17) is 4.74 Å². The Kier molecular flexibility index (Phi) is 4.63. The Hall–Kier alpha value is -1.30. The second-order valence-corrected chi connectivity index (χ2v) is 5.81. The van der Waals surface area contributed by atoms with Crippen LogP contribution in [0.25, 0.3) is 0 Å². The average molecular weight is 329 g/mol. The van der Waals surface area contributed by atoms with Crippen LogP contribution in [-0.2, 0) is 9.53 Å². The summed E-state index contributed by atoms with van der Waals surface area (Å²) in [6.45, 7) is 3.45. The molecular weight excluding hydrogens is 312 g/mol. The summed E-state index contributed by atoms with van der Waals surface area (Å²) < 4.78 is 5.78. The van der Waals surface area contributed by atoms with Crippen molar-refractivity contribution in [2.75, 3.05) is 19.7 Å². The van der Waals surface area contributed by atoms with Crippen LogP contribution in [0, 0.1) is 5.92 Å². The SMILES string of the molecule is CC1CCCN(C(=O)COC(=O)c2cc(Br)c[nH]2)C1. The first-order valence-electron chi connectivity index (χ1n) is 6.35. The van der Waals surface area contributed by atoms with Gasteiger partial charge in [0.25, 0.3) is 5.91 Å². The summed E-state index contributed by atoms with van der Waals surface area (Å²) in [4.78, 5) is 28.1. The number of nitrogens with zero attached hydrogens (tertiary/aromatic N) is 1. The Morgan fingerprint density at radius 3 is 3.00 bits per heavy atom. The minimum absolute atomic E-state index is 0.120. The second kappa shape index (κ2) is 6.23. The Balaban J connectivity index is 1.81. The van der Waals surface area contributed by atoms with Crippen LogP contribution >= 0.6 is 15.9 Å². The summed E-state index contributed by atoms with van der Waals surface area (Å²) in [5.74, 6) is -0.109. The topological polar surface area (TPSA) is 62.4 Å². The highest BCUT2D eigenvalue weighted by molar-refractivity contribution is 9.10. The molecule has 1 aliphatic rings. The summed E-state index contributed by atoms with van der Waals surface area (Å²) in [7, 11) is 0. The van der Waals surface area contributed by atoms with Crippen molar-refractivity contribution in [3.63, 3.8) is 0 Å². The molecule has 5 nitrogen and oxygen atoms in total. The number of nitrogens with one attached hydrogen (secondary N) is 1. The third-order valence-electron chi connectivity index (χ3n) is 3.20. The van der Waals surface area contributed by atoms with Crippen LogP contribution in [0.5, 0.6) is 0 Å². The molecule has 2 rings (SSSR count). The van der Waals surface area contributed by atoms with Crippen LogP contribution in [0.4, 0.5) is 0 Å². The molecule has 1 aromatic rings. The number of carbonyl (C=O) groups is 2. The van der Waals surface area contributed by atoms with E-state index in [-0.39, 0.29) is 12.5 Å². The molecule has 1 unspecified atom stereocenters. The van der Waals surface area contributed by atoms with E-state index < -0.39 is 5.97 Å². The van der Waals surface area contributed by atoms with Crippen LogP contribution in [0.3, 0.4) is 0 Å². The number of aromatic amines is 1. The van der Waals surface area contributed by atoms with E-state index in [1.807, 2.05) is 0 Å². The maximum Gasteiger partial charge on any atom is 0.355 e. The Morgan fingerprint density at radius 2 is 2.37 bits per heavy atom. The first kappa shape index (κ1) is 14.1. The molecule has 1 fully saturated rings. The van der Waals surface area contributed by atoms with E-state index in [1.165, 1.54) is 0 Å². The van der Waals surface area contributed by atoms with E-state index in [9.17, 15) is 9.59 Å². The fourth-order valence-corrected chi connectivity index (χ4v) is 2.54. The molecule has 1 atom stereocenters. The van der Waals surface area contributed by atoms with Crippen LogP contribution < -0.4 is 0 Å². The third-order valence-corrected chi connectivity index (χ3v) is 3.66. The number of rotatable bonds is 3. The summed E-state index contributed by atoms with van der Waals surface area (Å²) in [6, 6.07) is 1.62. The number of carbonyl (C=O) groups excluding carboxylic acids is 2. The van der Waals surface area contributed by atoms with Crippen LogP contribution in [0.15, 0.2) is 16.7 Å². The lowest BCUT2D eigenvalue weighted by Gasteiger charge is -2.30. The monoisotopic (exact) mass is 328 g/mol. The van der Waals surface area contributed by atoms with Crippen LogP contribution in [0.2, 0.25) is 0 Å². The van der Waals surface area contributed by atoms with Crippen molar-refractivity contribution in [2.45, 2.75) is 19.8 Å². The molecular formula is C13H17BrN2O3. The van der Waals surface area contributed by atoms with Gasteiger partial charge in [0.15, 0.2) is 6.61 Å². The number of likely N-dealkylation sites (tertiary alicyclic amines) is 1. The lowest BCUT2D eigenvalue weighted by atomic mass is 10.0. The first-order valence-corrected chi connectivity index (χ1v) is 7.14. The fraction of sp³-hybridized carbons (Fsp3) is 0.538. The van der Waals surface area contributed by atoms with Gasteiger partial charge in [0.05, 0.1) is 0 Å². The lowest BCUT2D eigenvalue weighted by molar-refractivity contribution is -0.136. The molecule has 6 heteroatoms. The number of aromatic nitrogens is 1. The number of halogens is 1. The molecule has 1 amide bonds. The maximum absolute atomic E-state index is 11.9.